The van der Waals surface area contributed by atoms with E-state index in [1.165, 1.54) is 38.5 Å². The molecule has 0 amide bonds. The summed E-state index contributed by atoms with van der Waals surface area (Å²) in [6.45, 7) is 2.21. The molecule has 3 nitrogen and oxygen atoms in total. The number of rotatable bonds is 4. The SMILES string of the molecule is OCCC1CCCCN1CC1(O)CCCCC1. The molecule has 1 aliphatic heterocycles. The van der Waals surface area contributed by atoms with Gasteiger partial charge >= 0.3 is 0 Å². The van der Waals surface area contributed by atoms with Gasteiger partial charge in [0.2, 0.25) is 0 Å². The Morgan fingerprint density at radius 3 is 2.53 bits per heavy atom. The Morgan fingerprint density at radius 1 is 1.06 bits per heavy atom. The lowest BCUT2D eigenvalue weighted by Gasteiger charge is -2.42. The molecule has 2 fully saturated rings. The van der Waals surface area contributed by atoms with E-state index in [1.54, 1.807) is 0 Å². The molecule has 2 aliphatic rings. The molecule has 0 radical (unpaired) electrons. The van der Waals surface area contributed by atoms with Crippen molar-refractivity contribution in [2.75, 3.05) is 19.7 Å². The Balaban J connectivity index is 1.90. The van der Waals surface area contributed by atoms with Crippen LogP contribution in [-0.4, -0.2) is 46.5 Å². The first-order chi connectivity index (χ1) is 8.23. The number of hydrogen-bond donors (Lipinski definition) is 2. The van der Waals surface area contributed by atoms with Crippen LogP contribution in [0.2, 0.25) is 0 Å². The highest BCUT2D eigenvalue weighted by molar-refractivity contribution is 4.89. The highest BCUT2D eigenvalue weighted by atomic mass is 16.3. The van der Waals surface area contributed by atoms with E-state index in [-0.39, 0.29) is 6.61 Å². The lowest BCUT2D eigenvalue weighted by molar-refractivity contribution is -0.0444. The predicted octanol–water partition coefficient (Wildman–Crippen LogP) is 1.92. The molecular weight excluding hydrogens is 214 g/mol. The van der Waals surface area contributed by atoms with Gasteiger partial charge in [0.1, 0.15) is 0 Å². The van der Waals surface area contributed by atoms with Gasteiger partial charge in [-0.1, -0.05) is 25.7 Å². The number of hydrogen-bond acceptors (Lipinski definition) is 3. The molecule has 100 valence electrons. The predicted molar refractivity (Wildman–Crippen MR) is 68.9 cm³/mol. The molecular formula is C14H27NO2. The van der Waals surface area contributed by atoms with Gasteiger partial charge in [0.15, 0.2) is 0 Å². The zero-order chi connectivity index (χ0) is 12.1. The average Bonchev–Trinajstić information content (AvgIpc) is 2.32. The Labute approximate surface area is 105 Å². The summed E-state index contributed by atoms with van der Waals surface area (Å²) in [6, 6.07) is 0.500. The summed E-state index contributed by atoms with van der Waals surface area (Å²) in [4.78, 5) is 2.44. The van der Waals surface area contributed by atoms with Gasteiger partial charge in [-0.25, -0.2) is 0 Å². The van der Waals surface area contributed by atoms with Crippen molar-refractivity contribution in [1.29, 1.82) is 0 Å². The van der Waals surface area contributed by atoms with E-state index in [4.69, 9.17) is 5.11 Å². The first kappa shape index (κ1) is 13.3. The minimum absolute atomic E-state index is 0.277. The fourth-order valence-corrected chi connectivity index (χ4v) is 3.49. The van der Waals surface area contributed by atoms with Crippen molar-refractivity contribution in [3.63, 3.8) is 0 Å². The molecule has 2 rings (SSSR count). The zero-order valence-electron chi connectivity index (χ0n) is 10.9. The van der Waals surface area contributed by atoms with Crippen molar-refractivity contribution in [3.05, 3.63) is 0 Å². The van der Waals surface area contributed by atoms with Gasteiger partial charge in [-0.2, -0.15) is 0 Å². The molecule has 1 atom stereocenters. The minimum Gasteiger partial charge on any atom is -0.396 e. The van der Waals surface area contributed by atoms with Crippen molar-refractivity contribution in [2.45, 2.75) is 69.4 Å². The van der Waals surface area contributed by atoms with Gasteiger partial charge in [0.25, 0.3) is 0 Å². The molecule has 17 heavy (non-hydrogen) atoms. The fraction of sp³-hybridized carbons (Fsp3) is 1.00. The number of nitrogens with zero attached hydrogens (tertiary/aromatic N) is 1. The lowest BCUT2D eigenvalue weighted by Crippen LogP contribution is -2.50. The van der Waals surface area contributed by atoms with E-state index in [1.807, 2.05) is 0 Å². The monoisotopic (exact) mass is 241 g/mol. The average molecular weight is 241 g/mol. The Kier molecular flexibility index (Phi) is 4.83. The molecule has 1 unspecified atom stereocenters. The topological polar surface area (TPSA) is 43.7 Å². The normalized spacial score (nSPS) is 30.4. The van der Waals surface area contributed by atoms with Crippen molar-refractivity contribution >= 4 is 0 Å². The first-order valence-corrected chi connectivity index (χ1v) is 7.31. The van der Waals surface area contributed by atoms with E-state index < -0.39 is 5.60 Å². The molecule has 1 saturated heterocycles. The molecule has 1 saturated carbocycles. The van der Waals surface area contributed by atoms with Crippen molar-refractivity contribution < 1.29 is 10.2 Å². The van der Waals surface area contributed by atoms with Crippen LogP contribution < -0.4 is 0 Å². The van der Waals surface area contributed by atoms with Crippen LogP contribution in [0.15, 0.2) is 0 Å². The lowest BCUT2D eigenvalue weighted by atomic mass is 9.83. The van der Waals surface area contributed by atoms with Crippen molar-refractivity contribution in [3.8, 4) is 0 Å². The van der Waals surface area contributed by atoms with Crippen LogP contribution in [0.1, 0.15) is 57.8 Å². The van der Waals surface area contributed by atoms with Gasteiger partial charge in [0.05, 0.1) is 5.60 Å². The summed E-state index contributed by atoms with van der Waals surface area (Å²) in [6.07, 6.45) is 10.2. The molecule has 2 N–H and O–H groups in total. The number of aliphatic hydroxyl groups excluding tert-OH is 1. The molecule has 0 aromatic heterocycles. The highest BCUT2D eigenvalue weighted by Crippen LogP contribution is 2.31. The Morgan fingerprint density at radius 2 is 1.82 bits per heavy atom. The first-order valence-electron chi connectivity index (χ1n) is 7.31. The third kappa shape index (κ3) is 3.67. The highest BCUT2D eigenvalue weighted by Gasteiger charge is 2.34. The molecule has 0 spiro atoms. The second kappa shape index (κ2) is 6.17. The fourth-order valence-electron chi connectivity index (χ4n) is 3.49. The van der Waals surface area contributed by atoms with Crippen LogP contribution in [0.25, 0.3) is 0 Å². The summed E-state index contributed by atoms with van der Waals surface area (Å²) in [7, 11) is 0. The van der Waals surface area contributed by atoms with Gasteiger partial charge in [0, 0.05) is 19.2 Å². The molecule has 3 heteroatoms. The van der Waals surface area contributed by atoms with Gasteiger partial charge in [-0.05, 0) is 38.6 Å². The minimum atomic E-state index is -0.441. The third-order valence-corrected chi connectivity index (χ3v) is 4.49. The summed E-state index contributed by atoms with van der Waals surface area (Å²) in [5.74, 6) is 0. The van der Waals surface area contributed by atoms with Crippen molar-refractivity contribution in [1.82, 2.24) is 4.90 Å². The number of likely N-dealkylation sites (tertiary alicyclic amines) is 1. The smallest absolute Gasteiger partial charge is 0.0774 e. The Bertz CT molecular complexity index is 224. The van der Waals surface area contributed by atoms with Crippen molar-refractivity contribution in [2.24, 2.45) is 0 Å². The summed E-state index contributed by atoms with van der Waals surface area (Å²) in [5, 5.41) is 19.7. The number of piperidine rings is 1. The third-order valence-electron chi connectivity index (χ3n) is 4.49. The van der Waals surface area contributed by atoms with Crippen LogP contribution in [0.4, 0.5) is 0 Å². The quantitative estimate of drug-likeness (QED) is 0.790. The molecule has 0 aromatic carbocycles. The van der Waals surface area contributed by atoms with Gasteiger partial charge in [-0.3, -0.25) is 4.90 Å². The molecule has 1 aliphatic carbocycles. The maximum absolute atomic E-state index is 10.6. The zero-order valence-corrected chi connectivity index (χ0v) is 10.9. The molecule has 1 heterocycles. The van der Waals surface area contributed by atoms with E-state index in [0.717, 1.165) is 32.4 Å². The summed E-state index contributed by atoms with van der Waals surface area (Å²) in [5.41, 5.74) is -0.441. The van der Waals surface area contributed by atoms with Crippen LogP contribution in [0.5, 0.6) is 0 Å². The van der Waals surface area contributed by atoms with E-state index in [2.05, 4.69) is 4.90 Å². The van der Waals surface area contributed by atoms with Crippen LogP contribution in [0, 0.1) is 0 Å². The molecule has 0 aromatic rings. The van der Waals surface area contributed by atoms with E-state index >= 15 is 0 Å². The van der Waals surface area contributed by atoms with E-state index in [0.29, 0.717) is 6.04 Å². The largest absolute Gasteiger partial charge is 0.396 e. The standard InChI is InChI=1S/C14H27NO2/c16-11-7-13-6-2-5-10-15(13)12-14(17)8-3-1-4-9-14/h13,16-17H,1-12H2. The van der Waals surface area contributed by atoms with Crippen LogP contribution in [-0.2, 0) is 0 Å². The molecule has 0 bridgehead atoms. The van der Waals surface area contributed by atoms with Crippen LogP contribution in [0.3, 0.4) is 0 Å². The van der Waals surface area contributed by atoms with E-state index in [9.17, 15) is 5.11 Å². The number of β-amino-alcohol motifs (C(OH)–C–C–N with tert-alkyl or cyclic N) is 1. The second-order valence-corrected chi connectivity index (χ2v) is 5.92. The maximum atomic E-state index is 10.6. The Hall–Kier alpha value is -0.120. The maximum Gasteiger partial charge on any atom is 0.0774 e. The van der Waals surface area contributed by atoms with Gasteiger partial charge < -0.3 is 10.2 Å². The second-order valence-electron chi connectivity index (χ2n) is 5.92. The van der Waals surface area contributed by atoms with Gasteiger partial charge in [-0.15, -0.1) is 0 Å². The number of aliphatic hydroxyl groups is 2. The van der Waals surface area contributed by atoms with Crippen LogP contribution >= 0.6 is 0 Å². The summed E-state index contributed by atoms with van der Waals surface area (Å²) >= 11 is 0. The summed E-state index contributed by atoms with van der Waals surface area (Å²) < 4.78 is 0.